The molecule has 2 fully saturated rings. The van der Waals surface area contributed by atoms with Crippen LogP contribution in [0, 0.1) is 24.7 Å². The molecule has 2 aliphatic rings. The van der Waals surface area contributed by atoms with E-state index in [0.29, 0.717) is 11.7 Å². The van der Waals surface area contributed by atoms with E-state index in [9.17, 15) is 4.79 Å². The van der Waals surface area contributed by atoms with Crippen LogP contribution in [0.15, 0.2) is 10.6 Å². The van der Waals surface area contributed by atoms with Crippen LogP contribution in [0.3, 0.4) is 0 Å². The molecule has 0 saturated heterocycles. The summed E-state index contributed by atoms with van der Waals surface area (Å²) in [5.41, 5.74) is 0.743. The number of amides is 1. The smallest absolute Gasteiger partial charge is 0.290 e. The van der Waals surface area contributed by atoms with Gasteiger partial charge in [-0.25, -0.2) is 0 Å². The van der Waals surface area contributed by atoms with Crippen molar-refractivity contribution in [3.63, 3.8) is 0 Å². The largest absolute Gasteiger partial charge is 0.351 e. The Morgan fingerprint density at radius 3 is 2.89 bits per heavy atom. The molecular weight excluding hydrogens is 228 g/mol. The molecule has 2 saturated carbocycles. The molecule has 1 amide bonds. The van der Waals surface area contributed by atoms with Gasteiger partial charge in [-0.15, -0.1) is 0 Å². The monoisotopic (exact) mass is 248 g/mol. The Morgan fingerprint density at radius 2 is 2.33 bits per heavy atom. The number of nitrogens with one attached hydrogen (secondary N) is 1. The summed E-state index contributed by atoms with van der Waals surface area (Å²) >= 11 is 0. The Balaban J connectivity index is 1.61. The Hall–Kier alpha value is -1.32. The molecule has 0 aliphatic heterocycles. The van der Waals surface area contributed by atoms with Gasteiger partial charge in [0.15, 0.2) is 0 Å². The predicted octanol–water partition coefficient (Wildman–Crippen LogP) is 2.54. The molecule has 4 nitrogen and oxygen atoms in total. The first-order chi connectivity index (χ1) is 8.63. The van der Waals surface area contributed by atoms with E-state index in [-0.39, 0.29) is 11.9 Å². The van der Waals surface area contributed by atoms with Crippen molar-refractivity contribution in [3.05, 3.63) is 17.5 Å². The number of fused-ring (bicyclic) bond motifs is 2. The minimum atomic E-state index is -0.133. The fraction of sp³-hybridized carbons (Fsp3) is 0.714. The highest BCUT2D eigenvalue weighted by Crippen LogP contribution is 2.49. The maximum absolute atomic E-state index is 12.0. The van der Waals surface area contributed by atoms with Crippen LogP contribution in [-0.2, 0) is 0 Å². The number of rotatable bonds is 3. The molecule has 98 valence electrons. The number of aromatic nitrogens is 1. The SMILES string of the molecule is Cc1cc(C(=O)NC(C)C2CC3CCC2C3)on1. The van der Waals surface area contributed by atoms with Gasteiger partial charge >= 0.3 is 0 Å². The summed E-state index contributed by atoms with van der Waals surface area (Å²) in [5, 5.41) is 6.81. The van der Waals surface area contributed by atoms with E-state index < -0.39 is 0 Å². The standard InChI is InChI=1S/C14H20N2O2/c1-8-5-13(18-16-8)14(17)15-9(2)12-7-10-3-4-11(12)6-10/h5,9-12H,3-4,6-7H2,1-2H3,(H,15,17). The highest BCUT2D eigenvalue weighted by molar-refractivity contribution is 5.91. The van der Waals surface area contributed by atoms with Gasteiger partial charge in [0.2, 0.25) is 5.76 Å². The first kappa shape index (κ1) is 11.8. The van der Waals surface area contributed by atoms with Crippen LogP contribution in [0.25, 0.3) is 0 Å². The molecule has 3 rings (SSSR count). The first-order valence-corrected chi connectivity index (χ1v) is 6.87. The van der Waals surface area contributed by atoms with Crippen molar-refractivity contribution in [2.45, 2.75) is 45.6 Å². The molecule has 1 aromatic heterocycles. The Kier molecular flexibility index (Phi) is 2.88. The average Bonchev–Trinajstić information content (AvgIpc) is 3.03. The van der Waals surface area contributed by atoms with Crippen molar-refractivity contribution in [1.82, 2.24) is 10.5 Å². The topological polar surface area (TPSA) is 55.1 Å². The van der Waals surface area contributed by atoms with Crippen LogP contribution in [0.1, 0.15) is 48.9 Å². The Morgan fingerprint density at radius 1 is 1.50 bits per heavy atom. The van der Waals surface area contributed by atoms with Crippen molar-refractivity contribution in [1.29, 1.82) is 0 Å². The minimum Gasteiger partial charge on any atom is -0.351 e. The zero-order valence-corrected chi connectivity index (χ0v) is 11.0. The van der Waals surface area contributed by atoms with Crippen LogP contribution in [0.5, 0.6) is 0 Å². The van der Waals surface area contributed by atoms with E-state index >= 15 is 0 Å². The van der Waals surface area contributed by atoms with Gasteiger partial charge in [-0.05, 0) is 50.9 Å². The van der Waals surface area contributed by atoms with Gasteiger partial charge in [0.25, 0.3) is 5.91 Å². The lowest BCUT2D eigenvalue weighted by Gasteiger charge is -2.28. The normalized spacial score (nSPS) is 31.6. The number of carbonyl (C=O) groups excluding carboxylic acids is 1. The lowest BCUT2D eigenvalue weighted by Crippen LogP contribution is -2.40. The van der Waals surface area contributed by atoms with E-state index in [0.717, 1.165) is 17.5 Å². The van der Waals surface area contributed by atoms with Crippen molar-refractivity contribution in [2.75, 3.05) is 0 Å². The third-order valence-electron chi connectivity index (χ3n) is 4.65. The fourth-order valence-corrected chi connectivity index (χ4v) is 3.76. The van der Waals surface area contributed by atoms with Crippen LogP contribution < -0.4 is 5.32 Å². The van der Waals surface area contributed by atoms with Crippen molar-refractivity contribution in [3.8, 4) is 0 Å². The summed E-state index contributed by atoms with van der Waals surface area (Å²) in [7, 11) is 0. The van der Waals surface area contributed by atoms with Crippen molar-refractivity contribution in [2.24, 2.45) is 17.8 Å². The summed E-state index contributed by atoms with van der Waals surface area (Å²) < 4.78 is 4.99. The van der Waals surface area contributed by atoms with Crippen LogP contribution >= 0.6 is 0 Å². The van der Waals surface area contributed by atoms with Gasteiger partial charge in [0, 0.05) is 12.1 Å². The maximum Gasteiger partial charge on any atom is 0.290 e. The molecule has 0 radical (unpaired) electrons. The maximum atomic E-state index is 12.0. The van der Waals surface area contributed by atoms with Gasteiger partial charge < -0.3 is 9.84 Å². The molecule has 2 bridgehead atoms. The zero-order chi connectivity index (χ0) is 12.7. The van der Waals surface area contributed by atoms with Crippen LogP contribution in [0.2, 0.25) is 0 Å². The van der Waals surface area contributed by atoms with Crippen LogP contribution in [-0.4, -0.2) is 17.1 Å². The molecule has 2 aliphatic carbocycles. The molecule has 1 aromatic rings. The lowest BCUT2D eigenvalue weighted by molar-refractivity contribution is 0.0878. The summed E-state index contributed by atoms with van der Waals surface area (Å²) in [6, 6.07) is 1.92. The van der Waals surface area contributed by atoms with E-state index in [1.807, 2.05) is 6.92 Å². The molecular formula is C14H20N2O2. The van der Waals surface area contributed by atoms with E-state index in [2.05, 4.69) is 17.4 Å². The highest BCUT2D eigenvalue weighted by Gasteiger charge is 2.42. The lowest BCUT2D eigenvalue weighted by atomic mass is 9.84. The molecule has 0 aromatic carbocycles. The first-order valence-electron chi connectivity index (χ1n) is 6.87. The number of aryl methyl sites for hydroxylation is 1. The van der Waals surface area contributed by atoms with E-state index in [4.69, 9.17) is 4.52 Å². The number of hydrogen-bond acceptors (Lipinski definition) is 3. The summed E-state index contributed by atoms with van der Waals surface area (Å²) in [6.07, 6.45) is 5.38. The second-order valence-corrected chi connectivity index (χ2v) is 5.93. The molecule has 1 heterocycles. The van der Waals surface area contributed by atoms with Gasteiger partial charge in [-0.1, -0.05) is 11.6 Å². The van der Waals surface area contributed by atoms with Gasteiger partial charge in [0.05, 0.1) is 5.69 Å². The summed E-state index contributed by atoms with van der Waals surface area (Å²) in [4.78, 5) is 12.0. The molecule has 4 heteroatoms. The molecule has 18 heavy (non-hydrogen) atoms. The average molecular weight is 248 g/mol. The third kappa shape index (κ3) is 2.04. The number of hydrogen-bond donors (Lipinski definition) is 1. The van der Waals surface area contributed by atoms with Gasteiger partial charge in [0.1, 0.15) is 0 Å². The van der Waals surface area contributed by atoms with Crippen molar-refractivity contribution < 1.29 is 9.32 Å². The highest BCUT2D eigenvalue weighted by atomic mass is 16.5. The quantitative estimate of drug-likeness (QED) is 0.894. The molecule has 1 N–H and O–H groups in total. The van der Waals surface area contributed by atoms with Gasteiger partial charge in [-0.2, -0.15) is 0 Å². The number of nitrogens with zero attached hydrogens (tertiary/aromatic N) is 1. The summed E-state index contributed by atoms with van der Waals surface area (Å²) in [6.45, 7) is 3.94. The minimum absolute atomic E-state index is 0.133. The predicted molar refractivity (Wildman–Crippen MR) is 67.1 cm³/mol. The number of carbonyl (C=O) groups is 1. The third-order valence-corrected chi connectivity index (χ3v) is 4.65. The Labute approximate surface area is 107 Å². The van der Waals surface area contributed by atoms with Crippen LogP contribution in [0.4, 0.5) is 0 Å². The molecule has 4 unspecified atom stereocenters. The van der Waals surface area contributed by atoms with Crippen molar-refractivity contribution >= 4 is 5.91 Å². The second kappa shape index (κ2) is 4.41. The van der Waals surface area contributed by atoms with Gasteiger partial charge in [-0.3, -0.25) is 4.79 Å². The zero-order valence-electron chi connectivity index (χ0n) is 11.0. The second-order valence-electron chi connectivity index (χ2n) is 5.93. The van der Waals surface area contributed by atoms with E-state index in [1.165, 1.54) is 25.7 Å². The molecule has 0 spiro atoms. The summed E-state index contributed by atoms with van der Waals surface area (Å²) in [5.74, 6) is 2.57. The van der Waals surface area contributed by atoms with E-state index in [1.54, 1.807) is 6.07 Å². The Bertz CT molecular complexity index is 454. The molecule has 4 atom stereocenters. The fourth-order valence-electron chi connectivity index (χ4n) is 3.76.